The molecular weight excluding hydrogens is 342 g/mol. The second kappa shape index (κ2) is 6.30. The van der Waals surface area contributed by atoms with Crippen molar-refractivity contribution in [1.29, 1.82) is 0 Å². The minimum atomic E-state index is -0.450. The number of nitrogens with one attached hydrogen (secondary N) is 1. The van der Waals surface area contributed by atoms with Crippen LogP contribution in [0.15, 0.2) is 36.5 Å². The van der Waals surface area contributed by atoms with Crippen LogP contribution in [-0.4, -0.2) is 22.5 Å². The number of fused-ring (bicyclic) bond motifs is 1. The molecule has 1 N–H and O–H groups in total. The maximum atomic E-state index is 11.3. The van der Waals surface area contributed by atoms with E-state index in [0.29, 0.717) is 17.7 Å². The van der Waals surface area contributed by atoms with Gasteiger partial charge >= 0.3 is 5.69 Å². The van der Waals surface area contributed by atoms with Gasteiger partial charge in [0.2, 0.25) is 0 Å². The number of benzene rings is 1. The van der Waals surface area contributed by atoms with Crippen LogP contribution in [0.1, 0.15) is 43.2 Å². The summed E-state index contributed by atoms with van der Waals surface area (Å²) in [5.41, 5.74) is 2.93. The molecule has 2 aliphatic carbocycles. The molecule has 1 saturated heterocycles. The van der Waals surface area contributed by atoms with Crippen LogP contribution in [0.3, 0.4) is 0 Å². The van der Waals surface area contributed by atoms with Gasteiger partial charge in [-0.25, -0.2) is 4.98 Å². The van der Waals surface area contributed by atoms with Gasteiger partial charge in [-0.1, -0.05) is 18.9 Å². The quantitative estimate of drug-likeness (QED) is 0.654. The monoisotopic (exact) mass is 365 g/mol. The van der Waals surface area contributed by atoms with Crippen LogP contribution in [0.5, 0.6) is 11.6 Å². The molecule has 2 fully saturated rings. The molecule has 2 aromatic rings. The molecule has 2 heterocycles. The summed E-state index contributed by atoms with van der Waals surface area (Å²) in [6, 6.07) is 9.76. The van der Waals surface area contributed by atoms with Crippen molar-refractivity contribution in [2.75, 3.05) is 6.54 Å². The summed E-state index contributed by atoms with van der Waals surface area (Å²) in [6.07, 6.45) is 8.85. The molecule has 3 aliphatic rings. The molecule has 0 amide bonds. The Balaban J connectivity index is 1.55. The zero-order chi connectivity index (χ0) is 18.4. The number of aromatic nitrogens is 1. The fourth-order valence-electron chi connectivity index (χ4n) is 5.68. The Morgan fingerprint density at radius 1 is 1.26 bits per heavy atom. The van der Waals surface area contributed by atoms with Crippen LogP contribution in [-0.2, 0) is 11.8 Å². The lowest BCUT2D eigenvalue weighted by molar-refractivity contribution is -0.386. The first-order valence-electron chi connectivity index (χ1n) is 9.81. The lowest BCUT2D eigenvalue weighted by atomic mass is 9.53. The standard InChI is InChI=1S/C21H23N3O3/c25-24(26)19-5-3-10-23-20(19)27-15-7-6-14-12-18-16-4-1-2-8-21(16,9-11-22-18)17(14)13-15/h3,5-7,10,13,16,18,22H,1-2,4,8-9,11-12H2/t16-,18-,21+/m1/s1. The number of ether oxygens (including phenoxy) is 1. The number of piperidine rings is 1. The molecule has 1 aromatic carbocycles. The second-order valence-corrected chi connectivity index (χ2v) is 8.03. The largest absolute Gasteiger partial charge is 0.434 e. The van der Waals surface area contributed by atoms with Crippen molar-refractivity contribution in [3.05, 3.63) is 57.8 Å². The topological polar surface area (TPSA) is 77.3 Å². The SMILES string of the molecule is O=[N+]([O-])c1cccnc1Oc1ccc2c(c1)[C@]13CCCC[C@@H]1[C@@H](C2)NCC3. The molecule has 0 radical (unpaired) electrons. The number of nitro groups is 1. The lowest BCUT2D eigenvalue weighted by Crippen LogP contribution is -2.59. The first-order valence-corrected chi connectivity index (χ1v) is 9.81. The molecule has 3 atom stereocenters. The zero-order valence-electron chi connectivity index (χ0n) is 15.2. The molecule has 1 aliphatic heterocycles. The van der Waals surface area contributed by atoms with E-state index in [9.17, 15) is 10.1 Å². The molecule has 0 unspecified atom stereocenters. The summed E-state index contributed by atoms with van der Waals surface area (Å²) in [7, 11) is 0. The summed E-state index contributed by atoms with van der Waals surface area (Å²) in [4.78, 5) is 14.9. The zero-order valence-corrected chi connectivity index (χ0v) is 15.2. The van der Waals surface area contributed by atoms with Crippen molar-refractivity contribution in [3.8, 4) is 11.6 Å². The van der Waals surface area contributed by atoms with Gasteiger partial charge in [0.15, 0.2) is 0 Å². The normalized spacial score (nSPS) is 28.7. The van der Waals surface area contributed by atoms with Crippen molar-refractivity contribution in [2.24, 2.45) is 5.92 Å². The Morgan fingerprint density at radius 2 is 2.19 bits per heavy atom. The van der Waals surface area contributed by atoms with E-state index >= 15 is 0 Å². The predicted molar refractivity (Wildman–Crippen MR) is 101 cm³/mol. The van der Waals surface area contributed by atoms with Gasteiger partial charge in [-0.3, -0.25) is 10.1 Å². The van der Waals surface area contributed by atoms with E-state index in [-0.39, 0.29) is 17.0 Å². The second-order valence-electron chi connectivity index (χ2n) is 8.03. The van der Waals surface area contributed by atoms with E-state index in [1.807, 2.05) is 6.07 Å². The lowest BCUT2D eigenvalue weighted by Gasteiger charge is -2.56. The van der Waals surface area contributed by atoms with Gasteiger partial charge in [0.05, 0.1) is 4.92 Å². The minimum Gasteiger partial charge on any atom is -0.434 e. The van der Waals surface area contributed by atoms with Crippen molar-refractivity contribution in [3.63, 3.8) is 0 Å². The maximum Gasteiger partial charge on any atom is 0.331 e. The third-order valence-electron chi connectivity index (χ3n) is 6.78. The predicted octanol–water partition coefficient (Wildman–Crippen LogP) is 4.13. The van der Waals surface area contributed by atoms with E-state index < -0.39 is 4.92 Å². The van der Waals surface area contributed by atoms with E-state index in [1.165, 1.54) is 49.1 Å². The smallest absolute Gasteiger partial charge is 0.331 e. The first kappa shape index (κ1) is 16.7. The van der Waals surface area contributed by atoms with Crippen LogP contribution >= 0.6 is 0 Å². The van der Waals surface area contributed by atoms with Crippen molar-refractivity contribution < 1.29 is 9.66 Å². The van der Waals surface area contributed by atoms with Gasteiger partial charge < -0.3 is 10.1 Å². The molecule has 1 aromatic heterocycles. The summed E-state index contributed by atoms with van der Waals surface area (Å²) in [5, 5.41) is 15.0. The third kappa shape index (κ3) is 2.62. The summed E-state index contributed by atoms with van der Waals surface area (Å²) < 4.78 is 5.88. The fraction of sp³-hybridized carbons (Fsp3) is 0.476. The minimum absolute atomic E-state index is 0.0548. The highest BCUT2D eigenvalue weighted by atomic mass is 16.6. The van der Waals surface area contributed by atoms with E-state index in [0.717, 1.165) is 19.4 Å². The average molecular weight is 365 g/mol. The van der Waals surface area contributed by atoms with E-state index in [4.69, 9.17) is 4.74 Å². The van der Waals surface area contributed by atoms with Crippen molar-refractivity contribution in [2.45, 2.75) is 50.0 Å². The Hall–Kier alpha value is -2.47. The molecule has 0 spiro atoms. The van der Waals surface area contributed by atoms with Crippen LogP contribution in [0, 0.1) is 16.0 Å². The molecule has 2 bridgehead atoms. The van der Waals surface area contributed by atoms with Crippen molar-refractivity contribution >= 4 is 5.69 Å². The average Bonchev–Trinajstić information content (AvgIpc) is 2.69. The van der Waals surface area contributed by atoms with Crippen molar-refractivity contribution in [1.82, 2.24) is 10.3 Å². The molecule has 6 nitrogen and oxygen atoms in total. The Morgan fingerprint density at radius 3 is 3.07 bits per heavy atom. The number of hydrogen-bond donors (Lipinski definition) is 1. The van der Waals surface area contributed by atoms with Crippen LogP contribution in [0.2, 0.25) is 0 Å². The van der Waals surface area contributed by atoms with Gasteiger partial charge in [0, 0.05) is 23.7 Å². The van der Waals surface area contributed by atoms with Gasteiger partial charge in [-0.05, 0) is 67.5 Å². The van der Waals surface area contributed by atoms with Crippen LogP contribution < -0.4 is 10.1 Å². The number of hydrogen-bond acceptors (Lipinski definition) is 5. The third-order valence-corrected chi connectivity index (χ3v) is 6.78. The van der Waals surface area contributed by atoms with Gasteiger partial charge in [0.1, 0.15) is 5.75 Å². The highest BCUT2D eigenvalue weighted by Crippen LogP contribution is 2.54. The number of nitrogens with zero attached hydrogens (tertiary/aromatic N) is 2. The highest BCUT2D eigenvalue weighted by Gasteiger charge is 2.51. The maximum absolute atomic E-state index is 11.3. The number of rotatable bonds is 3. The Kier molecular flexibility index (Phi) is 3.90. The molecular formula is C21H23N3O3. The first-order chi connectivity index (χ1) is 13.2. The summed E-state index contributed by atoms with van der Waals surface area (Å²) >= 11 is 0. The van der Waals surface area contributed by atoms with E-state index in [1.54, 1.807) is 6.07 Å². The summed E-state index contributed by atoms with van der Waals surface area (Å²) in [6.45, 7) is 1.07. The summed E-state index contributed by atoms with van der Waals surface area (Å²) in [5.74, 6) is 1.39. The highest BCUT2D eigenvalue weighted by molar-refractivity contribution is 5.48. The number of pyridine rings is 1. The molecule has 1 saturated carbocycles. The molecule has 140 valence electrons. The van der Waals surface area contributed by atoms with E-state index in [2.05, 4.69) is 22.4 Å². The van der Waals surface area contributed by atoms with Gasteiger partial charge in [-0.2, -0.15) is 0 Å². The van der Waals surface area contributed by atoms with Gasteiger partial charge in [0.25, 0.3) is 5.88 Å². The van der Waals surface area contributed by atoms with Gasteiger partial charge in [-0.15, -0.1) is 0 Å². The Bertz CT molecular complexity index is 896. The van der Waals surface area contributed by atoms with Crippen LogP contribution in [0.4, 0.5) is 5.69 Å². The molecule has 5 rings (SSSR count). The fourth-order valence-corrected chi connectivity index (χ4v) is 5.68. The molecule has 6 heteroatoms. The Labute approximate surface area is 158 Å². The molecule has 27 heavy (non-hydrogen) atoms. The van der Waals surface area contributed by atoms with Crippen LogP contribution in [0.25, 0.3) is 0 Å².